The largest absolute Gasteiger partial charge is 0.490 e. The van der Waals surface area contributed by atoms with Gasteiger partial charge >= 0.3 is 0 Å². The van der Waals surface area contributed by atoms with Gasteiger partial charge in [-0.3, -0.25) is 4.79 Å². The first-order valence-corrected chi connectivity index (χ1v) is 13.2. The maximum atomic E-state index is 12.0. The lowest BCUT2D eigenvalue weighted by Crippen LogP contribution is -2.26. The molecule has 2 rings (SSSR count). The van der Waals surface area contributed by atoms with E-state index < -0.39 is 15.4 Å². The molecule has 0 aliphatic rings. The number of hydrogen-bond donors (Lipinski definition) is 2. The van der Waals surface area contributed by atoms with E-state index in [4.69, 9.17) is 39.5 Å². The zero-order valence-corrected chi connectivity index (χ0v) is 21.3. The number of nitrogens with one attached hydrogen (secondary N) is 2. The van der Waals surface area contributed by atoms with E-state index in [1.165, 1.54) is 0 Å². The van der Waals surface area contributed by atoms with Crippen LogP contribution in [0.1, 0.15) is 37.8 Å². The minimum absolute atomic E-state index is 0.0383. The van der Waals surface area contributed by atoms with Gasteiger partial charge in [0.2, 0.25) is 15.9 Å². The van der Waals surface area contributed by atoms with Gasteiger partial charge in [-0.25, -0.2) is 13.1 Å². The fraction of sp³-hybridized carbons (Fsp3) is 0.409. The van der Waals surface area contributed by atoms with E-state index in [9.17, 15) is 13.2 Å². The quantitative estimate of drug-likeness (QED) is 0.314. The maximum Gasteiger partial charge on any atom is 0.225 e. The minimum atomic E-state index is -3.32. The molecular formula is C22H27Cl3N2O4S. The minimum Gasteiger partial charge on any atom is -0.490 e. The molecule has 0 saturated heterocycles. The number of ether oxygens (including phenoxy) is 1. The summed E-state index contributed by atoms with van der Waals surface area (Å²) < 4.78 is 30.1. The average molecular weight is 522 g/mol. The third-order valence-corrected chi connectivity index (χ3v) is 6.41. The first-order chi connectivity index (χ1) is 14.9. The Morgan fingerprint density at radius 2 is 1.66 bits per heavy atom. The van der Waals surface area contributed by atoms with Crippen LogP contribution in [0.15, 0.2) is 36.4 Å². The number of sulfonamides is 1. The van der Waals surface area contributed by atoms with Crippen LogP contribution in [0.5, 0.6) is 5.75 Å². The summed E-state index contributed by atoms with van der Waals surface area (Å²) in [6, 6.07) is 11.1. The van der Waals surface area contributed by atoms with Gasteiger partial charge in [0.05, 0.1) is 22.9 Å². The van der Waals surface area contributed by atoms with E-state index in [1.807, 2.05) is 38.1 Å². The summed E-state index contributed by atoms with van der Waals surface area (Å²) >= 11 is 18.5. The number of carbonyl (C=O) groups excluding carboxylic acids is 1. The van der Waals surface area contributed by atoms with Gasteiger partial charge in [0.25, 0.3) is 0 Å². The number of anilines is 1. The van der Waals surface area contributed by atoms with Crippen LogP contribution >= 0.6 is 34.8 Å². The van der Waals surface area contributed by atoms with Gasteiger partial charge < -0.3 is 10.1 Å². The molecule has 0 atom stereocenters. The van der Waals surface area contributed by atoms with Crippen molar-refractivity contribution in [2.75, 3.05) is 30.6 Å². The van der Waals surface area contributed by atoms with Crippen molar-refractivity contribution < 1.29 is 17.9 Å². The highest BCUT2D eigenvalue weighted by Crippen LogP contribution is 2.40. The van der Waals surface area contributed by atoms with Crippen molar-refractivity contribution in [2.24, 2.45) is 0 Å². The van der Waals surface area contributed by atoms with Crippen molar-refractivity contribution in [3.05, 3.63) is 57.6 Å². The Labute approximate surface area is 204 Å². The Morgan fingerprint density at radius 3 is 2.19 bits per heavy atom. The van der Waals surface area contributed by atoms with Crippen molar-refractivity contribution >= 4 is 56.4 Å². The van der Waals surface area contributed by atoms with Crippen LogP contribution in [0.3, 0.4) is 0 Å². The second-order valence-electron chi connectivity index (χ2n) is 7.83. The molecule has 6 nitrogen and oxygen atoms in total. The highest BCUT2D eigenvalue weighted by atomic mass is 35.5. The summed E-state index contributed by atoms with van der Waals surface area (Å²) in [7, 11) is -3.32. The normalized spacial score (nSPS) is 11.9. The molecule has 2 aromatic carbocycles. The molecule has 0 aliphatic carbocycles. The van der Waals surface area contributed by atoms with Gasteiger partial charge in [-0.15, -0.1) is 11.6 Å². The van der Waals surface area contributed by atoms with Crippen LogP contribution in [0.2, 0.25) is 10.0 Å². The summed E-state index contributed by atoms with van der Waals surface area (Å²) in [5.74, 6) is 0.659. The third kappa shape index (κ3) is 7.81. The Bertz CT molecular complexity index is 1020. The number of carbonyl (C=O) groups is 1. The van der Waals surface area contributed by atoms with Gasteiger partial charge in [-0.2, -0.15) is 0 Å². The Hall–Kier alpha value is -1.51. The lowest BCUT2D eigenvalue weighted by atomic mass is 9.78. The highest BCUT2D eigenvalue weighted by molar-refractivity contribution is 7.88. The first-order valence-electron chi connectivity index (χ1n) is 9.97. The standard InChI is InChI=1S/C22H27Cl3N2O4S/c1-22(2,16-13-18(24)21(19(25)14-16)31-12-4-10-23)15-5-7-17(8-6-15)27-20(28)9-11-26-32(3,29)30/h5-8,13-14,26H,4,9-12H2,1-3H3,(H,27,28). The Kier molecular flexibility index (Phi) is 9.67. The molecule has 0 aromatic heterocycles. The number of amides is 1. The van der Waals surface area contributed by atoms with Gasteiger partial charge in [0.1, 0.15) is 0 Å². The van der Waals surface area contributed by atoms with Crippen LogP contribution < -0.4 is 14.8 Å². The zero-order chi connectivity index (χ0) is 23.9. The van der Waals surface area contributed by atoms with Crippen LogP contribution in [0.4, 0.5) is 5.69 Å². The van der Waals surface area contributed by atoms with E-state index in [0.29, 0.717) is 40.4 Å². The molecule has 32 heavy (non-hydrogen) atoms. The molecule has 176 valence electrons. The van der Waals surface area contributed by atoms with Gasteiger partial charge in [-0.05, 0) is 41.8 Å². The smallest absolute Gasteiger partial charge is 0.225 e. The number of halogens is 3. The molecule has 1 amide bonds. The molecule has 0 bridgehead atoms. The van der Waals surface area contributed by atoms with E-state index in [0.717, 1.165) is 17.4 Å². The SMILES string of the molecule is CC(C)(c1ccc(NC(=O)CCNS(C)(=O)=O)cc1)c1cc(Cl)c(OCCCCl)c(Cl)c1. The summed E-state index contributed by atoms with van der Waals surface area (Å²) in [6.45, 7) is 4.58. The van der Waals surface area contributed by atoms with E-state index in [1.54, 1.807) is 12.1 Å². The molecule has 10 heteroatoms. The van der Waals surface area contributed by atoms with Gasteiger partial charge in [-0.1, -0.05) is 49.2 Å². The molecule has 0 aliphatic heterocycles. The summed E-state index contributed by atoms with van der Waals surface area (Å²) in [5.41, 5.74) is 2.12. The molecule has 0 spiro atoms. The van der Waals surface area contributed by atoms with Crippen molar-refractivity contribution in [3.63, 3.8) is 0 Å². The van der Waals surface area contributed by atoms with Gasteiger partial charge in [0, 0.05) is 29.9 Å². The number of hydrogen-bond acceptors (Lipinski definition) is 4. The predicted octanol–water partition coefficient (Wildman–Crippen LogP) is 5.20. The average Bonchev–Trinajstić information content (AvgIpc) is 2.69. The molecule has 2 N–H and O–H groups in total. The topological polar surface area (TPSA) is 84.5 Å². The number of benzene rings is 2. The van der Waals surface area contributed by atoms with Crippen molar-refractivity contribution in [1.29, 1.82) is 0 Å². The molecular weight excluding hydrogens is 495 g/mol. The monoisotopic (exact) mass is 520 g/mol. The van der Waals surface area contributed by atoms with E-state index >= 15 is 0 Å². The summed E-state index contributed by atoms with van der Waals surface area (Å²) in [6.07, 6.45) is 1.78. The zero-order valence-electron chi connectivity index (χ0n) is 18.2. The molecule has 2 aromatic rings. The van der Waals surface area contributed by atoms with E-state index in [2.05, 4.69) is 10.0 Å². The third-order valence-electron chi connectivity index (χ3n) is 4.85. The fourth-order valence-electron chi connectivity index (χ4n) is 3.00. The van der Waals surface area contributed by atoms with Gasteiger partial charge in [0.15, 0.2) is 5.75 Å². The van der Waals surface area contributed by atoms with Crippen LogP contribution in [0.25, 0.3) is 0 Å². The van der Waals surface area contributed by atoms with Crippen molar-refractivity contribution in [1.82, 2.24) is 4.72 Å². The van der Waals surface area contributed by atoms with Crippen LogP contribution in [-0.4, -0.2) is 39.6 Å². The van der Waals surface area contributed by atoms with Crippen molar-refractivity contribution in [3.8, 4) is 5.75 Å². The first kappa shape index (κ1) is 26.7. The molecule has 0 saturated carbocycles. The molecule has 0 heterocycles. The molecule has 0 radical (unpaired) electrons. The Morgan fingerprint density at radius 1 is 1.06 bits per heavy atom. The lowest BCUT2D eigenvalue weighted by Gasteiger charge is -2.27. The highest BCUT2D eigenvalue weighted by Gasteiger charge is 2.25. The summed E-state index contributed by atoms with van der Waals surface area (Å²) in [4.78, 5) is 12.0. The molecule has 0 fully saturated rings. The van der Waals surface area contributed by atoms with Crippen molar-refractivity contribution in [2.45, 2.75) is 32.1 Å². The number of rotatable bonds is 11. The second-order valence-corrected chi connectivity index (χ2v) is 10.9. The second kappa shape index (κ2) is 11.6. The fourth-order valence-corrected chi connectivity index (χ4v) is 4.18. The predicted molar refractivity (Wildman–Crippen MR) is 132 cm³/mol. The van der Waals surface area contributed by atoms with Crippen LogP contribution in [0, 0.1) is 0 Å². The number of alkyl halides is 1. The summed E-state index contributed by atoms with van der Waals surface area (Å²) in [5, 5.41) is 3.62. The Balaban J connectivity index is 2.10. The van der Waals surface area contributed by atoms with E-state index in [-0.39, 0.29) is 18.9 Å². The maximum absolute atomic E-state index is 12.0. The van der Waals surface area contributed by atoms with Crippen LogP contribution in [-0.2, 0) is 20.2 Å². The lowest BCUT2D eigenvalue weighted by molar-refractivity contribution is -0.116. The molecule has 0 unspecified atom stereocenters.